The molecule has 1 heterocycles. The first-order valence-electron chi connectivity index (χ1n) is 5.31. The van der Waals surface area contributed by atoms with Gasteiger partial charge in [-0.15, -0.1) is 0 Å². The van der Waals surface area contributed by atoms with Gasteiger partial charge < -0.3 is 18.9 Å². The molecule has 0 aromatic carbocycles. The Morgan fingerprint density at radius 2 is 1.37 bits per heavy atom. The van der Waals surface area contributed by atoms with E-state index >= 15 is 0 Å². The second kappa shape index (κ2) is 6.81. The fourth-order valence-electron chi connectivity index (χ4n) is 1.47. The summed E-state index contributed by atoms with van der Waals surface area (Å²) in [5, 5.41) is 0. The Labute approximate surface area is 110 Å². The topological polar surface area (TPSA) is 84.0 Å². The molecule has 0 atom stereocenters. The summed E-state index contributed by atoms with van der Waals surface area (Å²) in [5.74, 6) is -1.34. The molecule has 0 amide bonds. The lowest BCUT2D eigenvalue weighted by atomic mass is 10.1. The van der Waals surface area contributed by atoms with E-state index in [9.17, 15) is 9.59 Å². The van der Waals surface area contributed by atoms with Crippen molar-refractivity contribution in [3.63, 3.8) is 0 Å². The smallest absolute Gasteiger partial charge is 0.356 e. The molecular weight excluding hydrogens is 254 g/mol. The van der Waals surface area contributed by atoms with Gasteiger partial charge in [-0.2, -0.15) is 0 Å². The van der Waals surface area contributed by atoms with Crippen LogP contribution < -0.4 is 0 Å². The number of carbonyl (C=O) groups excluding carboxylic acids is 2. The Morgan fingerprint density at radius 3 is 1.68 bits per heavy atom. The van der Waals surface area contributed by atoms with Gasteiger partial charge in [-0.1, -0.05) is 0 Å². The van der Waals surface area contributed by atoms with Crippen LogP contribution in [0, 0.1) is 0 Å². The van der Waals surface area contributed by atoms with E-state index in [1.54, 1.807) is 0 Å². The van der Waals surface area contributed by atoms with Crippen LogP contribution in [0.1, 0.15) is 32.8 Å². The molecule has 104 valence electrons. The molecule has 0 aliphatic rings. The van der Waals surface area contributed by atoms with Gasteiger partial charge in [0, 0.05) is 19.8 Å². The summed E-state index contributed by atoms with van der Waals surface area (Å²) in [6, 6.07) is 2.85. The van der Waals surface area contributed by atoms with E-state index in [0.29, 0.717) is 5.56 Å². The first-order chi connectivity index (χ1) is 9.07. The predicted molar refractivity (Wildman–Crippen MR) is 63.7 cm³/mol. The summed E-state index contributed by atoms with van der Waals surface area (Å²) in [5.41, 5.74) is 0.403. The molecule has 7 heteroatoms. The van der Waals surface area contributed by atoms with Crippen LogP contribution in [0.15, 0.2) is 12.1 Å². The van der Waals surface area contributed by atoms with E-state index in [4.69, 9.17) is 9.47 Å². The van der Waals surface area contributed by atoms with Gasteiger partial charge in [0.15, 0.2) is 6.29 Å². The molecule has 1 aromatic heterocycles. The molecule has 0 spiro atoms. The molecule has 0 unspecified atom stereocenters. The number of methoxy groups -OCH3 is 4. The Morgan fingerprint density at radius 1 is 0.947 bits per heavy atom. The summed E-state index contributed by atoms with van der Waals surface area (Å²) in [7, 11) is 5.31. The van der Waals surface area contributed by atoms with E-state index in [1.165, 1.54) is 40.6 Å². The van der Waals surface area contributed by atoms with Gasteiger partial charge >= 0.3 is 11.9 Å². The number of pyridine rings is 1. The van der Waals surface area contributed by atoms with Crippen molar-refractivity contribution in [1.82, 2.24) is 4.98 Å². The zero-order chi connectivity index (χ0) is 14.4. The first-order valence-corrected chi connectivity index (χ1v) is 5.31. The fourth-order valence-corrected chi connectivity index (χ4v) is 1.47. The average molecular weight is 269 g/mol. The third kappa shape index (κ3) is 3.49. The fraction of sp³-hybridized carbons (Fsp3) is 0.417. The molecule has 0 saturated carbocycles. The standard InChI is InChI=1S/C12H15NO6/c1-16-10(14)8-5-7(12(18-3)19-4)6-9(13-8)11(15)17-2/h5-6,12H,1-4H3. The van der Waals surface area contributed by atoms with E-state index in [-0.39, 0.29) is 11.4 Å². The van der Waals surface area contributed by atoms with Gasteiger partial charge in [0.2, 0.25) is 0 Å². The molecule has 7 nitrogen and oxygen atoms in total. The first kappa shape index (κ1) is 15.1. The molecule has 0 radical (unpaired) electrons. The van der Waals surface area contributed by atoms with Crippen molar-refractivity contribution in [3.05, 3.63) is 29.1 Å². The quantitative estimate of drug-likeness (QED) is 0.581. The summed E-state index contributed by atoms with van der Waals surface area (Å²) in [6.45, 7) is 0. The number of esters is 2. The Hall–Kier alpha value is -1.99. The Balaban J connectivity index is 3.31. The monoisotopic (exact) mass is 269 g/mol. The van der Waals surface area contributed by atoms with Crippen LogP contribution >= 0.6 is 0 Å². The molecule has 19 heavy (non-hydrogen) atoms. The van der Waals surface area contributed by atoms with Crippen molar-refractivity contribution in [2.45, 2.75) is 6.29 Å². The molecule has 0 aliphatic heterocycles. The number of carbonyl (C=O) groups is 2. The van der Waals surface area contributed by atoms with E-state index in [2.05, 4.69) is 14.5 Å². The van der Waals surface area contributed by atoms with Gasteiger partial charge in [-0.3, -0.25) is 0 Å². The van der Waals surface area contributed by atoms with Crippen molar-refractivity contribution in [2.24, 2.45) is 0 Å². The van der Waals surface area contributed by atoms with Crippen LogP contribution in [0.2, 0.25) is 0 Å². The molecular formula is C12H15NO6. The van der Waals surface area contributed by atoms with Crippen LogP contribution in [-0.4, -0.2) is 45.4 Å². The SMILES string of the molecule is COC(=O)c1cc(C(OC)OC)cc(C(=O)OC)n1. The highest BCUT2D eigenvalue weighted by atomic mass is 16.7. The third-order valence-corrected chi connectivity index (χ3v) is 2.34. The highest BCUT2D eigenvalue weighted by Gasteiger charge is 2.19. The maximum atomic E-state index is 11.5. The number of hydrogen-bond acceptors (Lipinski definition) is 7. The van der Waals surface area contributed by atoms with Crippen LogP contribution in [0.25, 0.3) is 0 Å². The van der Waals surface area contributed by atoms with E-state index < -0.39 is 18.2 Å². The minimum atomic E-state index is -0.727. The number of aromatic nitrogens is 1. The largest absolute Gasteiger partial charge is 0.464 e. The second-order valence-corrected chi connectivity index (χ2v) is 3.46. The minimum Gasteiger partial charge on any atom is -0.464 e. The maximum Gasteiger partial charge on any atom is 0.356 e. The number of nitrogens with zero attached hydrogens (tertiary/aromatic N) is 1. The Kier molecular flexibility index (Phi) is 5.40. The average Bonchev–Trinajstić information content (AvgIpc) is 2.46. The van der Waals surface area contributed by atoms with Gasteiger partial charge in [-0.25, -0.2) is 14.6 Å². The summed E-state index contributed by atoms with van der Waals surface area (Å²) in [4.78, 5) is 26.9. The molecule has 0 fully saturated rings. The van der Waals surface area contributed by atoms with Crippen molar-refractivity contribution >= 4 is 11.9 Å². The third-order valence-electron chi connectivity index (χ3n) is 2.34. The zero-order valence-electron chi connectivity index (χ0n) is 11.1. The molecule has 0 saturated heterocycles. The second-order valence-electron chi connectivity index (χ2n) is 3.46. The number of ether oxygens (including phenoxy) is 4. The maximum absolute atomic E-state index is 11.5. The predicted octanol–water partition coefficient (Wildman–Crippen LogP) is 0.946. The van der Waals surface area contributed by atoms with Gasteiger partial charge in [-0.05, 0) is 12.1 Å². The van der Waals surface area contributed by atoms with Gasteiger partial charge in [0.1, 0.15) is 11.4 Å². The molecule has 1 aromatic rings. The minimum absolute atomic E-state index is 0.0282. The van der Waals surface area contributed by atoms with Crippen LogP contribution in [0.3, 0.4) is 0 Å². The number of rotatable bonds is 5. The van der Waals surface area contributed by atoms with Gasteiger partial charge in [0.05, 0.1) is 14.2 Å². The van der Waals surface area contributed by atoms with Crippen molar-refractivity contribution in [1.29, 1.82) is 0 Å². The summed E-state index contributed by atoms with van der Waals surface area (Å²) >= 11 is 0. The van der Waals surface area contributed by atoms with E-state index in [1.807, 2.05) is 0 Å². The summed E-state index contributed by atoms with van der Waals surface area (Å²) in [6.07, 6.45) is -0.727. The highest BCUT2D eigenvalue weighted by Crippen LogP contribution is 2.19. The molecule has 0 N–H and O–H groups in total. The normalized spacial score (nSPS) is 10.4. The van der Waals surface area contributed by atoms with E-state index in [0.717, 1.165) is 0 Å². The summed E-state index contributed by atoms with van der Waals surface area (Å²) < 4.78 is 19.3. The lowest BCUT2D eigenvalue weighted by molar-refractivity contribution is -0.106. The van der Waals surface area contributed by atoms with Crippen molar-refractivity contribution in [3.8, 4) is 0 Å². The number of hydrogen-bond donors (Lipinski definition) is 0. The lowest BCUT2D eigenvalue weighted by Crippen LogP contribution is -2.14. The molecule has 0 bridgehead atoms. The van der Waals surface area contributed by atoms with Crippen molar-refractivity contribution in [2.75, 3.05) is 28.4 Å². The molecule has 0 aliphatic carbocycles. The lowest BCUT2D eigenvalue weighted by Gasteiger charge is -2.15. The Bertz CT molecular complexity index is 435. The van der Waals surface area contributed by atoms with Gasteiger partial charge in [0.25, 0.3) is 0 Å². The molecule has 1 rings (SSSR count). The zero-order valence-corrected chi connectivity index (χ0v) is 11.1. The van der Waals surface area contributed by atoms with Crippen LogP contribution in [-0.2, 0) is 18.9 Å². The van der Waals surface area contributed by atoms with Crippen LogP contribution in [0.4, 0.5) is 0 Å². The van der Waals surface area contributed by atoms with Crippen LogP contribution in [0.5, 0.6) is 0 Å². The van der Waals surface area contributed by atoms with Crippen molar-refractivity contribution < 1.29 is 28.5 Å². The highest BCUT2D eigenvalue weighted by molar-refractivity contribution is 5.91.